The minimum absolute atomic E-state index is 0.151. The molecular formula is C16H28N6O6. The number of nitrogens with two attached hydrogens (primary N) is 1. The highest BCUT2D eigenvalue weighted by atomic mass is 16.2. The van der Waals surface area contributed by atoms with Gasteiger partial charge < -0.3 is 32.3 Å². The van der Waals surface area contributed by atoms with Gasteiger partial charge >= 0.3 is 0 Å². The van der Waals surface area contributed by atoms with Crippen LogP contribution in [0.3, 0.4) is 0 Å². The summed E-state index contributed by atoms with van der Waals surface area (Å²) in [5.41, 5.74) is 5.25. The molecule has 0 aromatic heterocycles. The van der Waals surface area contributed by atoms with Gasteiger partial charge in [0.1, 0.15) is 6.04 Å². The lowest BCUT2D eigenvalue weighted by Crippen LogP contribution is -2.49. The fourth-order valence-corrected chi connectivity index (χ4v) is 1.96. The summed E-state index contributed by atoms with van der Waals surface area (Å²) in [7, 11) is 0. The molecule has 0 aliphatic heterocycles. The summed E-state index contributed by atoms with van der Waals surface area (Å²) in [6.45, 7) is 2.09. The summed E-state index contributed by atoms with van der Waals surface area (Å²) in [4.78, 5) is 67.6. The predicted octanol–water partition coefficient (Wildman–Crippen LogP) is -3.37. The third-order valence-electron chi connectivity index (χ3n) is 3.36. The van der Waals surface area contributed by atoms with Crippen LogP contribution >= 0.6 is 0 Å². The van der Waals surface area contributed by atoms with Crippen LogP contribution in [-0.2, 0) is 28.8 Å². The van der Waals surface area contributed by atoms with Crippen LogP contribution in [0.4, 0.5) is 0 Å². The van der Waals surface area contributed by atoms with Crippen molar-refractivity contribution in [2.75, 3.05) is 26.2 Å². The molecule has 0 bridgehead atoms. The van der Waals surface area contributed by atoms with Gasteiger partial charge in [0.25, 0.3) is 0 Å². The van der Waals surface area contributed by atoms with Gasteiger partial charge in [0.15, 0.2) is 0 Å². The molecular weight excluding hydrogens is 372 g/mol. The van der Waals surface area contributed by atoms with Crippen LogP contribution in [0.5, 0.6) is 0 Å². The topological polar surface area (TPSA) is 189 Å². The van der Waals surface area contributed by atoms with Crippen molar-refractivity contribution in [3.63, 3.8) is 0 Å². The van der Waals surface area contributed by atoms with E-state index < -0.39 is 36.2 Å². The van der Waals surface area contributed by atoms with E-state index in [1.54, 1.807) is 0 Å². The summed E-state index contributed by atoms with van der Waals surface area (Å²) in [6, 6.07) is -0.890. The zero-order valence-electron chi connectivity index (χ0n) is 16.1. The Kier molecular flexibility index (Phi) is 12.4. The van der Waals surface area contributed by atoms with E-state index in [4.69, 9.17) is 5.73 Å². The highest BCUT2D eigenvalue weighted by Gasteiger charge is 2.18. The van der Waals surface area contributed by atoms with Crippen molar-refractivity contribution in [3.8, 4) is 0 Å². The molecule has 158 valence electrons. The number of carbonyl (C=O) groups is 6. The van der Waals surface area contributed by atoms with E-state index in [1.807, 2.05) is 0 Å². The maximum atomic E-state index is 11.8. The lowest BCUT2D eigenvalue weighted by molar-refractivity contribution is -0.129. The molecule has 12 heteroatoms. The molecule has 0 fully saturated rings. The third-order valence-corrected chi connectivity index (χ3v) is 3.36. The number of amides is 6. The Balaban J connectivity index is 4.08. The van der Waals surface area contributed by atoms with E-state index in [1.165, 1.54) is 13.8 Å². The van der Waals surface area contributed by atoms with Gasteiger partial charge in [-0.15, -0.1) is 0 Å². The highest BCUT2D eigenvalue weighted by molar-refractivity contribution is 5.91. The lowest BCUT2D eigenvalue weighted by atomic mass is 10.1. The molecule has 12 nitrogen and oxygen atoms in total. The van der Waals surface area contributed by atoms with Crippen molar-refractivity contribution in [2.24, 2.45) is 5.73 Å². The Labute approximate surface area is 162 Å². The maximum Gasteiger partial charge on any atom is 0.240 e. The van der Waals surface area contributed by atoms with Gasteiger partial charge in [-0.2, -0.15) is 0 Å². The van der Waals surface area contributed by atoms with Gasteiger partial charge in [-0.3, -0.25) is 28.8 Å². The second-order valence-corrected chi connectivity index (χ2v) is 5.96. The van der Waals surface area contributed by atoms with Gasteiger partial charge in [-0.05, 0) is 19.3 Å². The van der Waals surface area contributed by atoms with Crippen LogP contribution in [0.25, 0.3) is 0 Å². The summed E-state index contributed by atoms with van der Waals surface area (Å²) >= 11 is 0. The molecule has 0 aliphatic carbocycles. The summed E-state index contributed by atoms with van der Waals surface area (Å²) in [6.07, 6.45) is 1.48. The van der Waals surface area contributed by atoms with Crippen molar-refractivity contribution in [2.45, 2.75) is 39.2 Å². The number of hydrogen-bond donors (Lipinski definition) is 6. The van der Waals surface area contributed by atoms with E-state index >= 15 is 0 Å². The lowest BCUT2D eigenvalue weighted by Gasteiger charge is -2.16. The van der Waals surface area contributed by atoms with E-state index in [2.05, 4.69) is 26.6 Å². The second kappa shape index (κ2) is 13.9. The van der Waals surface area contributed by atoms with Gasteiger partial charge in [-0.25, -0.2) is 0 Å². The molecule has 0 heterocycles. The molecule has 0 spiro atoms. The standard InChI is InChI=1S/C16H28N6O6/c1-10(23)18-6-4-3-5-12(16(17)28)22-15(27)9-21-14(26)8-20-13(25)7-19-11(2)24/h12H,3-9H2,1-2H3,(H2,17,28)(H,18,23)(H,19,24)(H,20,25)(H,21,26)(H,22,27). The van der Waals surface area contributed by atoms with E-state index in [0.717, 1.165) is 0 Å². The molecule has 0 aliphatic rings. The summed E-state index contributed by atoms with van der Waals surface area (Å²) in [5, 5.41) is 11.9. The quantitative estimate of drug-likeness (QED) is 0.175. The van der Waals surface area contributed by atoms with Crippen LogP contribution in [-0.4, -0.2) is 67.7 Å². The molecule has 0 aromatic rings. The molecule has 7 N–H and O–H groups in total. The summed E-state index contributed by atoms with van der Waals surface area (Å²) < 4.78 is 0. The Morgan fingerprint density at radius 3 is 1.71 bits per heavy atom. The van der Waals surface area contributed by atoms with Crippen LogP contribution in [0.15, 0.2) is 0 Å². The molecule has 1 unspecified atom stereocenters. The maximum absolute atomic E-state index is 11.8. The molecule has 0 saturated carbocycles. The first-order valence-electron chi connectivity index (χ1n) is 8.72. The number of hydrogen-bond acceptors (Lipinski definition) is 6. The van der Waals surface area contributed by atoms with Crippen molar-refractivity contribution in [1.82, 2.24) is 26.6 Å². The molecule has 28 heavy (non-hydrogen) atoms. The van der Waals surface area contributed by atoms with Gasteiger partial charge in [0.05, 0.1) is 19.6 Å². The highest BCUT2D eigenvalue weighted by Crippen LogP contribution is 2.00. The smallest absolute Gasteiger partial charge is 0.240 e. The van der Waals surface area contributed by atoms with Crippen molar-refractivity contribution in [1.29, 1.82) is 0 Å². The fraction of sp³-hybridized carbons (Fsp3) is 0.625. The van der Waals surface area contributed by atoms with E-state index in [-0.39, 0.29) is 24.9 Å². The average molecular weight is 400 g/mol. The van der Waals surface area contributed by atoms with Gasteiger partial charge in [0.2, 0.25) is 35.4 Å². The predicted molar refractivity (Wildman–Crippen MR) is 98.4 cm³/mol. The molecule has 1 atom stereocenters. The average Bonchev–Trinajstić information content (AvgIpc) is 2.61. The molecule has 0 saturated heterocycles. The zero-order valence-corrected chi connectivity index (χ0v) is 16.1. The Bertz CT molecular complexity index is 594. The normalized spacial score (nSPS) is 10.9. The van der Waals surface area contributed by atoms with E-state index in [0.29, 0.717) is 25.8 Å². The largest absolute Gasteiger partial charge is 0.368 e. The SMILES string of the molecule is CC(=O)NCCCCC(NC(=O)CNC(=O)CNC(=O)CNC(C)=O)C(N)=O. The summed E-state index contributed by atoms with van der Waals surface area (Å²) in [5.74, 6) is -3.01. The number of primary amides is 1. The fourth-order valence-electron chi connectivity index (χ4n) is 1.96. The Hall–Kier alpha value is -3.18. The number of rotatable bonds is 13. The number of unbranched alkanes of at least 4 members (excludes halogenated alkanes) is 1. The number of carbonyl (C=O) groups excluding carboxylic acids is 6. The first kappa shape index (κ1) is 24.8. The van der Waals surface area contributed by atoms with Crippen LogP contribution in [0.2, 0.25) is 0 Å². The van der Waals surface area contributed by atoms with Crippen molar-refractivity contribution < 1.29 is 28.8 Å². The van der Waals surface area contributed by atoms with E-state index in [9.17, 15) is 28.8 Å². The third kappa shape index (κ3) is 14.0. The molecule has 6 amide bonds. The first-order chi connectivity index (χ1) is 13.1. The van der Waals surface area contributed by atoms with Gasteiger partial charge in [-0.1, -0.05) is 0 Å². The van der Waals surface area contributed by atoms with Crippen LogP contribution < -0.4 is 32.3 Å². The minimum atomic E-state index is -0.890. The van der Waals surface area contributed by atoms with Crippen LogP contribution in [0.1, 0.15) is 33.1 Å². The second-order valence-electron chi connectivity index (χ2n) is 5.96. The Morgan fingerprint density at radius 1 is 0.714 bits per heavy atom. The monoisotopic (exact) mass is 400 g/mol. The Morgan fingerprint density at radius 2 is 1.21 bits per heavy atom. The first-order valence-corrected chi connectivity index (χ1v) is 8.72. The van der Waals surface area contributed by atoms with Crippen molar-refractivity contribution in [3.05, 3.63) is 0 Å². The van der Waals surface area contributed by atoms with Gasteiger partial charge in [0, 0.05) is 20.4 Å². The molecule has 0 rings (SSSR count). The van der Waals surface area contributed by atoms with Crippen molar-refractivity contribution >= 4 is 35.4 Å². The molecule has 0 radical (unpaired) electrons. The zero-order chi connectivity index (χ0) is 21.5. The van der Waals surface area contributed by atoms with Crippen LogP contribution in [0, 0.1) is 0 Å². The molecule has 0 aromatic carbocycles. The number of nitrogens with one attached hydrogen (secondary N) is 5. The minimum Gasteiger partial charge on any atom is -0.368 e.